The molecular formula is C24H25F7N2O5S2. The van der Waals surface area contributed by atoms with Crippen LogP contribution >= 0.6 is 11.8 Å². The van der Waals surface area contributed by atoms with Crippen molar-refractivity contribution in [1.82, 2.24) is 5.32 Å². The number of thioether (sulfide) groups is 1. The summed E-state index contributed by atoms with van der Waals surface area (Å²) in [4.78, 5) is 26.4. The molecule has 222 valence electrons. The number of anilines is 1. The number of carbonyl (C=O) groups excluding carboxylic acids is 2. The van der Waals surface area contributed by atoms with Crippen LogP contribution in [0.3, 0.4) is 0 Å². The molecule has 16 heteroatoms. The van der Waals surface area contributed by atoms with Crippen LogP contribution in [0.25, 0.3) is 0 Å². The molecule has 0 aliphatic carbocycles. The first-order chi connectivity index (χ1) is 18.0. The first-order valence-electron chi connectivity index (χ1n) is 11.1. The average molecular weight is 619 g/mol. The summed E-state index contributed by atoms with van der Waals surface area (Å²) in [6.07, 6.45) is -10.2. The minimum atomic E-state index is -6.32. The summed E-state index contributed by atoms with van der Waals surface area (Å²) in [7, 11) is -4.17. The Morgan fingerprint density at radius 2 is 1.52 bits per heavy atom. The Balaban J connectivity index is 2.57. The van der Waals surface area contributed by atoms with Gasteiger partial charge in [-0.3, -0.25) is 9.59 Å². The lowest BCUT2D eigenvalue weighted by atomic mass is 9.92. The maximum absolute atomic E-state index is 14.4. The van der Waals surface area contributed by atoms with E-state index < -0.39 is 67.9 Å². The Hall–Kier alpha value is -3.01. The molecule has 0 saturated heterocycles. The van der Waals surface area contributed by atoms with Crippen molar-refractivity contribution in [2.24, 2.45) is 0 Å². The highest BCUT2D eigenvalue weighted by Crippen LogP contribution is 2.53. The zero-order valence-corrected chi connectivity index (χ0v) is 23.3. The number of rotatable bonds is 9. The highest BCUT2D eigenvalue weighted by atomic mass is 32.2. The second-order valence-corrected chi connectivity index (χ2v) is 11.8. The molecule has 0 fully saturated rings. The summed E-state index contributed by atoms with van der Waals surface area (Å²) in [6.45, 7) is 4.37. The lowest BCUT2D eigenvalue weighted by Gasteiger charge is -2.30. The fourth-order valence-electron chi connectivity index (χ4n) is 3.65. The van der Waals surface area contributed by atoms with Crippen LogP contribution in [0.4, 0.5) is 36.4 Å². The van der Waals surface area contributed by atoms with Crippen LogP contribution in [0.15, 0.2) is 36.4 Å². The second kappa shape index (κ2) is 11.5. The molecule has 7 nitrogen and oxygen atoms in total. The normalized spacial score (nSPS) is 13.1. The van der Waals surface area contributed by atoms with Crippen molar-refractivity contribution >= 4 is 39.4 Å². The molecule has 0 saturated carbocycles. The van der Waals surface area contributed by atoms with E-state index in [1.807, 2.05) is 0 Å². The van der Waals surface area contributed by atoms with Gasteiger partial charge in [-0.25, -0.2) is 4.39 Å². The number of benzene rings is 2. The fraction of sp³-hybridized carbons (Fsp3) is 0.417. The molecule has 0 bridgehead atoms. The predicted octanol–water partition coefficient (Wildman–Crippen LogP) is 5.75. The van der Waals surface area contributed by atoms with Crippen LogP contribution in [-0.2, 0) is 15.8 Å². The molecule has 2 N–H and O–H groups in total. The molecular weight excluding hydrogens is 593 g/mol. The van der Waals surface area contributed by atoms with Gasteiger partial charge in [-0.2, -0.15) is 46.5 Å². The lowest BCUT2D eigenvalue weighted by molar-refractivity contribution is -0.348. The van der Waals surface area contributed by atoms with Crippen LogP contribution in [0.1, 0.15) is 45.7 Å². The van der Waals surface area contributed by atoms with Gasteiger partial charge in [-0.15, -0.1) is 0 Å². The number of halogens is 7. The van der Waals surface area contributed by atoms with Crippen molar-refractivity contribution in [3.63, 3.8) is 0 Å². The van der Waals surface area contributed by atoms with Crippen LogP contribution in [0.2, 0.25) is 0 Å². The Morgan fingerprint density at radius 1 is 0.950 bits per heavy atom. The predicted molar refractivity (Wildman–Crippen MR) is 136 cm³/mol. The Morgan fingerprint density at radius 3 is 2.00 bits per heavy atom. The standard InChI is InChI=1S/C24H25F7N2O5S2/c1-13-11-14(22(25,23(26,27)28)24(29,30)31)9-10-16(13)32-19(34)15-7-6-8-17(38-40(5,36)37)18(15)20(35)33-21(2,3)12-39-4/h6-11H,12H2,1-5H3,(H,32,34)(H,33,35). The third-order valence-electron chi connectivity index (χ3n) is 5.35. The van der Waals surface area contributed by atoms with E-state index in [0.29, 0.717) is 24.1 Å². The van der Waals surface area contributed by atoms with Crippen molar-refractivity contribution in [1.29, 1.82) is 0 Å². The van der Waals surface area contributed by atoms with Gasteiger partial charge in [-0.05, 0) is 50.8 Å². The zero-order valence-electron chi connectivity index (χ0n) is 21.7. The van der Waals surface area contributed by atoms with Gasteiger partial charge in [0, 0.05) is 22.5 Å². The number of nitrogens with one attached hydrogen (secondary N) is 2. The minimum Gasteiger partial charge on any atom is -0.382 e. The van der Waals surface area contributed by atoms with E-state index in [9.17, 15) is 48.7 Å². The Bertz CT molecular complexity index is 1380. The van der Waals surface area contributed by atoms with Gasteiger partial charge in [0.1, 0.15) is 0 Å². The summed E-state index contributed by atoms with van der Waals surface area (Å²) in [5, 5.41) is 4.90. The summed E-state index contributed by atoms with van der Waals surface area (Å²) in [6, 6.07) is 4.60. The molecule has 0 heterocycles. The van der Waals surface area contributed by atoms with E-state index >= 15 is 0 Å². The summed E-state index contributed by atoms with van der Waals surface area (Å²) >= 11 is 1.39. The first kappa shape index (κ1) is 33.2. The van der Waals surface area contributed by atoms with Gasteiger partial charge in [0.2, 0.25) is 0 Å². The number of hydrogen-bond acceptors (Lipinski definition) is 6. The lowest BCUT2D eigenvalue weighted by Crippen LogP contribution is -2.50. The van der Waals surface area contributed by atoms with Gasteiger partial charge >= 0.3 is 28.1 Å². The monoisotopic (exact) mass is 618 g/mol. The van der Waals surface area contributed by atoms with Crippen molar-refractivity contribution in [2.45, 2.75) is 44.3 Å². The summed E-state index contributed by atoms with van der Waals surface area (Å²) in [5.74, 6) is -2.06. The number of carbonyl (C=O) groups is 2. The largest absolute Gasteiger partial charge is 0.435 e. The minimum absolute atomic E-state index is 0.228. The fourth-order valence-corrected chi connectivity index (χ4v) is 4.91. The molecule has 0 radical (unpaired) electrons. The van der Waals surface area contributed by atoms with E-state index in [-0.39, 0.29) is 17.3 Å². The highest BCUT2D eigenvalue weighted by Gasteiger charge is 2.73. The van der Waals surface area contributed by atoms with Crippen molar-refractivity contribution in [3.8, 4) is 5.75 Å². The van der Waals surface area contributed by atoms with Gasteiger partial charge in [-0.1, -0.05) is 18.2 Å². The molecule has 0 atom stereocenters. The number of hydrogen-bond donors (Lipinski definition) is 2. The van der Waals surface area contributed by atoms with E-state index in [1.165, 1.54) is 17.8 Å². The topological polar surface area (TPSA) is 102 Å². The number of alkyl halides is 7. The first-order valence-corrected chi connectivity index (χ1v) is 14.3. The maximum Gasteiger partial charge on any atom is 0.435 e. The quantitative estimate of drug-likeness (QED) is 0.274. The summed E-state index contributed by atoms with van der Waals surface area (Å²) < 4.78 is 122. The van der Waals surface area contributed by atoms with Crippen LogP contribution < -0.4 is 14.8 Å². The van der Waals surface area contributed by atoms with Gasteiger partial charge < -0.3 is 14.8 Å². The molecule has 0 unspecified atom stereocenters. The Labute approximate surface area is 230 Å². The molecule has 2 amide bonds. The summed E-state index contributed by atoms with van der Waals surface area (Å²) in [5.41, 5.74) is -9.83. The average Bonchev–Trinajstić information content (AvgIpc) is 2.76. The maximum atomic E-state index is 14.4. The third-order valence-corrected chi connectivity index (χ3v) is 6.84. The highest BCUT2D eigenvalue weighted by molar-refractivity contribution is 7.98. The van der Waals surface area contributed by atoms with Crippen LogP contribution in [-0.4, -0.2) is 56.4 Å². The number of amides is 2. The molecule has 0 aromatic heterocycles. The van der Waals surface area contributed by atoms with E-state index in [4.69, 9.17) is 4.18 Å². The number of aryl methyl sites for hydroxylation is 1. The molecule has 0 aliphatic heterocycles. The molecule has 2 aromatic carbocycles. The molecule has 2 aromatic rings. The molecule has 0 aliphatic rings. The van der Waals surface area contributed by atoms with Crippen molar-refractivity contribution in [3.05, 3.63) is 58.7 Å². The molecule has 0 spiro atoms. The van der Waals surface area contributed by atoms with E-state index in [1.54, 1.807) is 20.1 Å². The van der Waals surface area contributed by atoms with E-state index in [2.05, 4.69) is 10.6 Å². The third kappa shape index (κ3) is 7.38. The van der Waals surface area contributed by atoms with Gasteiger partial charge in [0.25, 0.3) is 11.8 Å². The van der Waals surface area contributed by atoms with Crippen molar-refractivity contribution < 1.29 is 52.9 Å². The van der Waals surface area contributed by atoms with Crippen molar-refractivity contribution in [2.75, 3.05) is 23.6 Å². The van der Waals surface area contributed by atoms with Crippen LogP contribution in [0, 0.1) is 6.92 Å². The van der Waals surface area contributed by atoms with E-state index in [0.717, 1.165) is 19.1 Å². The zero-order chi connectivity index (χ0) is 30.9. The second-order valence-electron chi connectivity index (χ2n) is 9.38. The molecule has 2 rings (SSSR count). The van der Waals surface area contributed by atoms with Gasteiger partial charge in [0.15, 0.2) is 5.75 Å². The van der Waals surface area contributed by atoms with Gasteiger partial charge in [0.05, 0.1) is 17.4 Å². The smallest absolute Gasteiger partial charge is 0.382 e. The SMILES string of the molecule is CSCC(C)(C)NC(=O)c1c(OS(C)(=O)=O)cccc1C(=O)Nc1ccc(C(F)(C(F)(F)F)C(F)(F)F)cc1C. The Kier molecular flexibility index (Phi) is 9.52. The van der Waals surface area contributed by atoms with Crippen LogP contribution in [0.5, 0.6) is 5.75 Å². The molecule has 40 heavy (non-hydrogen) atoms.